The summed E-state index contributed by atoms with van der Waals surface area (Å²) >= 11 is 0. The predicted octanol–water partition coefficient (Wildman–Crippen LogP) is -0.446. The fraction of sp³-hybridized carbons (Fsp3) is 0.474. The molecule has 1 fully saturated rings. The second-order valence-corrected chi connectivity index (χ2v) is 6.43. The van der Waals surface area contributed by atoms with Gasteiger partial charge in [-0.15, -0.1) is 0 Å². The summed E-state index contributed by atoms with van der Waals surface area (Å²) in [5.74, 6) is -1.79. The zero-order chi connectivity index (χ0) is 21.2. The second kappa shape index (κ2) is 11.0. The Labute approximate surface area is 168 Å². The first kappa shape index (κ1) is 22.2. The minimum atomic E-state index is -1.20. The number of nitrogens with one attached hydrogen (secondary N) is 2. The van der Waals surface area contributed by atoms with Crippen LogP contribution in [0, 0.1) is 0 Å². The van der Waals surface area contributed by atoms with Crippen molar-refractivity contribution in [3.05, 3.63) is 35.9 Å². The number of carbonyl (C=O) groups excluding carboxylic acids is 4. The number of carbonyl (C=O) groups is 4. The molecule has 10 heteroatoms. The highest BCUT2D eigenvalue weighted by molar-refractivity contribution is 5.92. The highest BCUT2D eigenvalue weighted by Crippen LogP contribution is 2.17. The number of nitrogens with zero attached hydrogens (tertiary/aromatic N) is 1. The summed E-state index contributed by atoms with van der Waals surface area (Å²) in [6, 6.07) is 7.11. The van der Waals surface area contributed by atoms with Crippen molar-refractivity contribution in [2.75, 3.05) is 26.8 Å². The zero-order valence-electron chi connectivity index (χ0n) is 16.1. The molecule has 0 bridgehead atoms. The lowest BCUT2D eigenvalue weighted by Crippen LogP contribution is -2.53. The Hall–Kier alpha value is -3.14. The summed E-state index contributed by atoms with van der Waals surface area (Å²) in [7, 11) is 1.14. The Morgan fingerprint density at radius 1 is 1.24 bits per heavy atom. The van der Waals surface area contributed by atoms with Gasteiger partial charge in [-0.05, 0) is 18.4 Å². The summed E-state index contributed by atoms with van der Waals surface area (Å²) in [4.78, 5) is 49.5. The van der Waals surface area contributed by atoms with E-state index in [1.165, 1.54) is 4.90 Å². The maximum Gasteiger partial charge on any atom is 0.407 e. The van der Waals surface area contributed by atoms with Crippen molar-refractivity contribution < 1.29 is 33.8 Å². The summed E-state index contributed by atoms with van der Waals surface area (Å²) in [5, 5.41) is 14.0. The molecule has 1 aliphatic rings. The van der Waals surface area contributed by atoms with Gasteiger partial charge in [0.15, 0.2) is 6.04 Å². The highest BCUT2D eigenvalue weighted by Gasteiger charge is 2.35. The number of ether oxygens (including phenoxy) is 2. The van der Waals surface area contributed by atoms with E-state index in [0.717, 1.165) is 12.7 Å². The molecule has 1 saturated heterocycles. The molecule has 1 aromatic rings. The average molecular weight is 407 g/mol. The van der Waals surface area contributed by atoms with Crippen molar-refractivity contribution in [2.24, 2.45) is 0 Å². The zero-order valence-corrected chi connectivity index (χ0v) is 16.1. The van der Waals surface area contributed by atoms with Gasteiger partial charge >= 0.3 is 12.1 Å². The number of benzene rings is 1. The first-order valence-electron chi connectivity index (χ1n) is 9.19. The van der Waals surface area contributed by atoms with Gasteiger partial charge in [0.2, 0.25) is 11.8 Å². The largest absolute Gasteiger partial charge is 0.467 e. The molecule has 1 heterocycles. The molecule has 2 atom stereocenters. The maximum absolute atomic E-state index is 12.4. The van der Waals surface area contributed by atoms with E-state index >= 15 is 0 Å². The van der Waals surface area contributed by atoms with Crippen LogP contribution in [-0.4, -0.2) is 72.8 Å². The lowest BCUT2D eigenvalue weighted by molar-refractivity contribution is -0.147. The molecule has 0 aromatic heterocycles. The van der Waals surface area contributed by atoms with E-state index in [2.05, 4.69) is 15.4 Å². The van der Waals surface area contributed by atoms with Gasteiger partial charge in [0.05, 0.1) is 13.7 Å². The number of esters is 1. The molecule has 158 valence electrons. The molecule has 3 N–H and O–H groups in total. The number of aliphatic hydroxyl groups is 1. The third kappa shape index (κ3) is 6.46. The van der Waals surface area contributed by atoms with Gasteiger partial charge in [-0.25, -0.2) is 9.59 Å². The van der Waals surface area contributed by atoms with E-state index in [-0.39, 0.29) is 13.2 Å². The number of likely N-dealkylation sites (tertiary alicyclic amines) is 1. The van der Waals surface area contributed by atoms with Crippen LogP contribution in [0.4, 0.5) is 4.79 Å². The van der Waals surface area contributed by atoms with E-state index < -0.39 is 42.6 Å². The monoisotopic (exact) mass is 407 g/mol. The van der Waals surface area contributed by atoms with Gasteiger partial charge in [0.25, 0.3) is 0 Å². The molecule has 10 nitrogen and oxygen atoms in total. The van der Waals surface area contributed by atoms with E-state index in [9.17, 15) is 24.3 Å². The van der Waals surface area contributed by atoms with Crippen molar-refractivity contribution in [1.29, 1.82) is 0 Å². The molecule has 29 heavy (non-hydrogen) atoms. The summed E-state index contributed by atoms with van der Waals surface area (Å²) in [5.41, 5.74) is 0.814. The van der Waals surface area contributed by atoms with E-state index in [1.807, 2.05) is 18.2 Å². The normalized spacial score (nSPS) is 16.6. The molecular formula is C19H25N3O7. The first-order valence-corrected chi connectivity index (χ1v) is 9.19. The topological polar surface area (TPSA) is 134 Å². The van der Waals surface area contributed by atoms with Gasteiger partial charge in [0, 0.05) is 6.54 Å². The molecular weight excluding hydrogens is 382 g/mol. The van der Waals surface area contributed by atoms with E-state index in [0.29, 0.717) is 19.4 Å². The van der Waals surface area contributed by atoms with Crippen LogP contribution in [-0.2, 0) is 30.5 Å². The van der Waals surface area contributed by atoms with Gasteiger partial charge < -0.3 is 30.1 Å². The molecule has 0 radical (unpaired) electrons. The Morgan fingerprint density at radius 3 is 2.62 bits per heavy atom. The number of rotatable bonds is 8. The van der Waals surface area contributed by atoms with Crippen LogP contribution in [0.3, 0.4) is 0 Å². The van der Waals surface area contributed by atoms with E-state index in [1.54, 1.807) is 12.1 Å². The van der Waals surface area contributed by atoms with Crippen LogP contribution in [0.2, 0.25) is 0 Å². The number of methoxy groups -OCH3 is 1. The highest BCUT2D eigenvalue weighted by atomic mass is 16.5. The fourth-order valence-electron chi connectivity index (χ4n) is 2.95. The molecule has 1 aliphatic heterocycles. The van der Waals surface area contributed by atoms with Crippen molar-refractivity contribution in [3.63, 3.8) is 0 Å². The Balaban J connectivity index is 1.81. The van der Waals surface area contributed by atoms with Gasteiger partial charge in [-0.3, -0.25) is 9.59 Å². The van der Waals surface area contributed by atoms with Gasteiger partial charge in [-0.1, -0.05) is 30.3 Å². The molecule has 2 rings (SSSR count). The smallest absolute Gasteiger partial charge is 0.407 e. The number of aliphatic hydroxyl groups excluding tert-OH is 1. The Kier molecular flexibility index (Phi) is 8.41. The minimum absolute atomic E-state index is 0.0751. The summed E-state index contributed by atoms with van der Waals surface area (Å²) < 4.78 is 9.55. The third-order valence-electron chi connectivity index (χ3n) is 4.46. The fourth-order valence-corrected chi connectivity index (χ4v) is 2.95. The molecule has 0 unspecified atom stereocenters. The summed E-state index contributed by atoms with van der Waals surface area (Å²) in [6.45, 7) is -0.517. The third-order valence-corrected chi connectivity index (χ3v) is 4.46. The first-order chi connectivity index (χ1) is 14.0. The second-order valence-electron chi connectivity index (χ2n) is 6.43. The Bertz CT molecular complexity index is 726. The lowest BCUT2D eigenvalue weighted by atomic mass is 10.2. The number of alkyl carbamates (subject to hydrolysis) is 1. The quantitative estimate of drug-likeness (QED) is 0.497. The number of hydrogen-bond donors (Lipinski definition) is 3. The molecule has 0 saturated carbocycles. The van der Waals surface area contributed by atoms with Crippen LogP contribution in [0.5, 0.6) is 0 Å². The van der Waals surface area contributed by atoms with Crippen LogP contribution in [0.1, 0.15) is 18.4 Å². The SMILES string of the molecule is COC(=O)[C@@H](CO)NC(=O)[C@H]1CCCN1C(=O)CNC(=O)OCc1ccccc1. The van der Waals surface area contributed by atoms with Crippen LogP contribution in [0.25, 0.3) is 0 Å². The van der Waals surface area contributed by atoms with Gasteiger partial charge in [0.1, 0.15) is 19.2 Å². The van der Waals surface area contributed by atoms with Gasteiger partial charge in [-0.2, -0.15) is 0 Å². The molecule has 1 aromatic carbocycles. The minimum Gasteiger partial charge on any atom is -0.467 e. The Morgan fingerprint density at radius 2 is 1.97 bits per heavy atom. The van der Waals surface area contributed by atoms with Crippen LogP contribution < -0.4 is 10.6 Å². The van der Waals surface area contributed by atoms with Crippen molar-refractivity contribution >= 4 is 23.9 Å². The lowest BCUT2D eigenvalue weighted by Gasteiger charge is -2.25. The number of hydrogen-bond acceptors (Lipinski definition) is 7. The van der Waals surface area contributed by atoms with E-state index in [4.69, 9.17) is 4.74 Å². The molecule has 3 amide bonds. The van der Waals surface area contributed by atoms with Crippen molar-refractivity contribution in [1.82, 2.24) is 15.5 Å². The van der Waals surface area contributed by atoms with Crippen LogP contribution in [0.15, 0.2) is 30.3 Å². The van der Waals surface area contributed by atoms with Crippen molar-refractivity contribution in [3.8, 4) is 0 Å². The van der Waals surface area contributed by atoms with Crippen molar-refractivity contribution in [2.45, 2.75) is 31.5 Å². The number of amides is 3. The summed E-state index contributed by atoms with van der Waals surface area (Å²) in [6.07, 6.45) is 0.271. The van der Waals surface area contributed by atoms with Crippen LogP contribution >= 0.6 is 0 Å². The average Bonchev–Trinajstić information content (AvgIpc) is 3.24. The molecule has 0 spiro atoms. The standard InChI is InChI=1S/C19H25N3O7/c1-28-18(26)14(11-23)21-17(25)15-8-5-9-22(15)16(24)10-20-19(27)29-12-13-6-3-2-4-7-13/h2-4,6-7,14-15,23H,5,8-12H2,1H3,(H,20,27)(H,21,25)/t14-,15-/m1/s1. The predicted molar refractivity (Wildman–Crippen MR) is 100 cm³/mol. The maximum atomic E-state index is 12.4. The molecule has 0 aliphatic carbocycles.